The molecule has 1 saturated carbocycles. The number of rotatable bonds is 8. The van der Waals surface area contributed by atoms with Crippen molar-refractivity contribution in [2.24, 2.45) is 5.73 Å². The highest BCUT2D eigenvalue weighted by molar-refractivity contribution is 9.10. The zero-order chi connectivity index (χ0) is 19.2. The van der Waals surface area contributed by atoms with Gasteiger partial charge in [-0.2, -0.15) is 0 Å². The Labute approximate surface area is 162 Å². The van der Waals surface area contributed by atoms with Crippen LogP contribution in [-0.4, -0.2) is 30.6 Å². The first-order valence-electron chi connectivity index (χ1n) is 9.10. The summed E-state index contributed by atoms with van der Waals surface area (Å²) >= 11 is 3.49. The monoisotopic (exact) mass is 426 g/mol. The Hall–Kier alpha value is -1.76. The van der Waals surface area contributed by atoms with E-state index in [1.807, 2.05) is 19.9 Å². The van der Waals surface area contributed by atoms with E-state index in [4.69, 9.17) is 15.2 Å². The lowest BCUT2D eigenvalue weighted by molar-refractivity contribution is -0.132. The largest absolute Gasteiger partial charge is 0.490 e. The van der Waals surface area contributed by atoms with Gasteiger partial charge in [-0.3, -0.25) is 9.59 Å². The fourth-order valence-corrected chi connectivity index (χ4v) is 3.78. The van der Waals surface area contributed by atoms with Crippen LogP contribution in [0.25, 0.3) is 0 Å². The maximum Gasteiger partial charge on any atom is 0.243 e. The van der Waals surface area contributed by atoms with Crippen LogP contribution in [0.1, 0.15) is 51.5 Å². The zero-order valence-corrected chi connectivity index (χ0v) is 17.0. The van der Waals surface area contributed by atoms with Crippen LogP contribution >= 0.6 is 15.9 Å². The summed E-state index contributed by atoms with van der Waals surface area (Å²) in [5.74, 6) is 0.554. The van der Waals surface area contributed by atoms with Crippen molar-refractivity contribution in [3.63, 3.8) is 0 Å². The molecule has 0 aliphatic heterocycles. The summed E-state index contributed by atoms with van der Waals surface area (Å²) in [5.41, 5.74) is 5.44. The van der Waals surface area contributed by atoms with Gasteiger partial charge in [-0.15, -0.1) is 0 Å². The first kappa shape index (κ1) is 20.6. The van der Waals surface area contributed by atoms with Crippen molar-refractivity contribution in [3.8, 4) is 11.5 Å². The van der Waals surface area contributed by atoms with Crippen molar-refractivity contribution < 1.29 is 19.1 Å². The number of nitrogens with two attached hydrogens (primary N) is 1. The van der Waals surface area contributed by atoms with Crippen molar-refractivity contribution in [1.29, 1.82) is 0 Å². The molecule has 1 fully saturated rings. The fourth-order valence-electron chi connectivity index (χ4n) is 3.32. The Morgan fingerprint density at radius 2 is 1.69 bits per heavy atom. The zero-order valence-electron chi connectivity index (χ0n) is 15.4. The maximum absolute atomic E-state index is 12.6. The van der Waals surface area contributed by atoms with Gasteiger partial charge in [0.1, 0.15) is 5.54 Å². The average molecular weight is 427 g/mol. The first-order valence-corrected chi connectivity index (χ1v) is 9.90. The highest BCUT2D eigenvalue weighted by Crippen LogP contribution is 2.34. The second-order valence-corrected chi connectivity index (χ2v) is 7.34. The van der Waals surface area contributed by atoms with Gasteiger partial charge in [-0.25, -0.2) is 0 Å². The van der Waals surface area contributed by atoms with Gasteiger partial charge in [0.2, 0.25) is 11.8 Å². The predicted octanol–water partition coefficient (Wildman–Crippen LogP) is 3.09. The SMILES string of the molecule is CCOc1cc(Br)c(CC(=O)NC2(C(N)=O)CCCCC2)cc1OCC. The van der Waals surface area contributed by atoms with Gasteiger partial charge in [0.15, 0.2) is 11.5 Å². The number of primary amides is 1. The fraction of sp³-hybridized carbons (Fsp3) is 0.579. The van der Waals surface area contributed by atoms with Crippen LogP contribution in [0.4, 0.5) is 0 Å². The number of hydrogen-bond acceptors (Lipinski definition) is 4. The number of hydrogen-bond donors (Lipinski definition) is 2. The number of halogens is 1. The average Bonchev–Trinajstić information content (AvgIpc) is 2.60. The summed E-state index contributed by atoms with van der Waals surface area (Å²) in [5, 5.41) is 2.89. The van der Waals surface area contributed by atoms with Crippen LogP contribution in [0.15, 0.2) is 16.6 Å². The standard InChI is InChI=1S/C19H27BrN2O4/c1-3-25-15-10-13(14(20)12-16(15)26-4-2)11-17(23)22-19(18(21)24)8-6-5-7-9-19/h10,12H,3-9,11H2,1-2H3,(H2,21,24)(H,22,23). The minimum absolute atomic E-state index is 0.127. The number of carbonyl (C=O) groups excluding carboxylic acids is 2. The second-order valence-electron chi connectivity index (χ2n) is 6.49. The molecular formula is C19H27BrN2O4. The maximum atomic E-state index is 12.6. The summed E-state index contributed by atoms with van der Waals surface area (Å²) in [6, 6.07) is 3.61. The molecule has 0 bridgehead atoms. The number of benzene rings is 1. The van der Waals surface area contributed by atoms with Crippen LogP contribution in [0.5, 0.6) is 11.5 Å². The van der Waals surface area contributed by atoms with Crippen molar-refractivity contribution in [3.05, 3.63) is 22.2 Å². The molecule has 0 unspecified atom stereocenters. The molecule has 1 aliphatic rings. The van der Waals surface area contributed by atoms with Crippen LogP contribution in [0, 0.1) is 0 Å². The molecule has 1 aliphatic carbocycles. The van der Waals surface area contributed by atoms with E-state index in [1.165, 1.54) is 0 Å². The number of amides is 2. The Kier molecular flexibility index (Phi) is 7.32. The van der Waals surface area contributed by atoms with Gasteiger partial charge in [0, 0.05) is 4.47 Å². The minimum atomic E-state index is -0.921. The lowest BCUT2D eigenvalue weighted by Gasteiger charge is -2.35. The smallest absolute Gasteiger partial charge is 0.243 e. The van der Waals surface area contributed by atoms with E-state index in [2.05, 4.69) is 21.2 Å². The molecule has 0 radical (unpaired) electrons. The van der Waals surface area contributed by atoms with Crippen LogP contribution < -0.4 is 20.5 Å². The molecule has 1 aromatic carbocycles. The van der Waals surface area contributed by atoms with E-state index in [1.54, 1.807) is 6.07 Å². The highest BCUT2D eigenvalue weighted by atomic mass is 79.9. The third kappa shape index (κ3) is 4.90. The Morgan fingerprint density at radius 1 is 1.12 bits per heavy atom. The van der Waals surface area contributed by atoms with Gasteiger partial charge in [0.25, 0.3) is 0 Å². The van der Waals surface area contributed by atoms with Gasteiger partial charge in [0.05, 0.1) is 19.6 Å². The van der Waals surface area contributed by atoms with E-state index >= 15 is 0 Å². The summed E-state index contributed by atoms with van der Waals surface area (Å²) in [7, 11) is 0. The molecule has 0 atom stereocenters. The molecule has 0 spiro atoms. The molecule has 6 nitrogen and oxygen atoms in total. The lowest BCUT2D eigenvalue weighted by atomic mass is 9.81. The summed E-state index contributed by atoms with van der Waals surface area (Å²) < 4.78 is 12.0. The molecule has 3 N–H and O–H groups in total. The first-order chi connectivity index (χ1) is 12.4. The molecule has 144 valence electrons. The Balaban J connectivity index is 2.17. The van der Waals surface area contributed by atoms with Crippen LogP contribution in [-0.2, 0) is 16.0 Å². The van der Waals surface area contributed by atoms with Crippen molar-refractivity contribution in [2.75, 3.05) is 13.2 Å². The molecule has 2 rings (SSSR count). The molecule has 26 heavy (non-hydrogen) atoms. The highest BCUT2D eigenvalue weighted by Gasteiger charge is 2.39. The third-order valence-electron chi connectivity index (χ3n) is 4.62. The summed E-state index contributed by atoms with van der Waals surface area (Å²) in [4.78, 5) is 24.6. The Bertz CT molecular complexity index is 657. The van der Waals surface area contributed by atoms with Crippen LogP contribution in [0.2, 0.25) is 0 Å². The minimum Gasteiger partial charge on any atom is -0.490 e. The van der Waals surface area contributed by atoms with E-state index in [-0.39, 0.29) is 12.3 Å². The van der Waals surface area contributed by atoms with Gasteiger partial charge >= 0.3 is 0 Å². The topological polar surface area (TPSA) is 90.6 Å². The quantitative estimate of drug-likeness (QED) is 0.667. The summed E-state index contributed by atoms with van der Waals surface area (Å²) in [6.07, 6.45) is 4.18. The lowest BCUT2D eigenvalue weighted by Crippen LogP contribution is -2.58. The Morgan fingerprint density at radius 3 is 2.23 bits per heavy atom. The number of nitrogens with one attached hydrogen (secondary N) is 1. The molecule has 7 heteroatoms. The van der Waals surface area contributed by atoms with Gasteiger partial charge in [-0.05, 0) is 44.4 Å². The predicted molar refractivity (Wildman–Crippen MR) is 103 cm³/mol. The van der Waals surface area contributed by atoms with E-state index < -0.39 is 11.4 Å². The summed E-state index contributed by atoms with van der Waals surface area (Å²) in [6.45, 7) is 4.81. The number of carbonyl (C=O) groups is 2. The van der Waals surface area contributed by atoms with Crippen molar-refractivity contribution in [2.45, 2.75) is 57.9 Å². The van der Waals surface area contributed by atoms with Crippen LogP contribution in [0.3, 0.4) is 0 Å². The van der Waals surface area contributed by atoms with E-state index in [9.17, 15) is 9.59 Å². The van der Waals surface area contributed by atoms with Gasteiger partial charge < -0.3 is 20.5 Å². The van der Waals surface area contributed by atoms with Gasteiger partial charge in [-0.1, -0.05) is 35.2 Å². The molecule has 2 amide bonds. The number of ether oxygens (including phenoxy) is 2. The normalized spacial score (nSPS) is 16.0. The van der Waals surface area contributed by atoms with Crippen molar-refractivity contribution in [1.82, 2.24) is 5.32 Å². The van der Waals surface area contributed by atoms with E-state index in [0.717, 1.165) is 29.3 Å². The molecule has 0 aromatic heterocycles. The molecule has 1 aromatic rings. The van der Waals surface area contributed by atoms with E-state index in [0.29, 0.717) is 37.6 Å². The molecule has 0 heterocycles. The molecule has 0 saturated heterocycles. The molecular weight excluding hydrogens is 400 g/mol. The third-order valence-corrected chi connectivity index (χ3v) is 5.36. The van der Waals surface area contributed by atoms with Crippen molar-refractivity contribution >= 4 is 27.7 Å². The second kappa shape index (κ2) is 9.26.